The van der Waals surface area contributed by atoms with Crippen molar-refractivity contribution in [2.45, 2.75) is 0 Å². The summed E-state index contributed by atoms with van der Waals surface area (Å²) in [5.74, 6) is 1.09. The van der Waals surface area contributed by atoms with Crippen LogP contribution in [0.4, 0.5) is 11.5 Å². The zero-order chi connectivity index (χ0) is 13.8. The minimum absolute atomic E-state index is 0.878. The zero-order valence-electron chi connectivity index (χ0n) is 11.8. The minimum Gasteiger partial charge on any atom is -0.368 e. The summed E-state index contributed by atoms with van der Waals surface area (Å²) in [6, 6.07) is 15.1. The standard InChI is InChI=1S/C16H20N3P/c1-20-15-7-5-14(6-8-15)18-10-12-19(13-11-18)16-4-2-3-9-17-16/h2-9,20H,10-13H2,1H3. The molecule has 104 valence electrons. The molecular formula is C16H20N3P. The number of benzene rings is 1. The van der Waals surface area contributed by atoms with E-state index in [0.717, 1.165) is 40.6 Å². The Bertz CT molecular complexity index is 533. The Labute approximate surface area is 122 Å². The molecule has 0 aliphatic carbocycles. The number of anilines is 2. The highest BCUT2D eigenvalue weighted by Crippen LogP contribution is 2.19. The van der Waals surface area contributed by atoms with Crippen molar-refractivity contribution in [3.8, 4) is 0 Å². The first kappa shape index (κ1) is 13.4. The van der Waals surface area contributed by atoms with Gasteiger partial charge in [-0.1, -0.05) is 26.8 Å². The van der Waals surface area contributed by atoms with Crippen molar-refractivity contribution < 1.29 is 0 Å². The normalized spacial score (nSPS) is 16.1. The molecule has 0 N–H and O–H groups in total. The fourth-order valence-electron chi connectivity index (χ4n) is 2.57. The van der Waals surface area contributed by atoms with Crippen LogP contribution in [0.1, 0.15) is 0 Å². The molecule has 4 heteroatoms. The maximum absolute atomic E-state index is 4.43. The summed E-state index contributed by atoms with van der Waals surface area (Å²) in [5.41, 5.74) is 1.34. The highest BCUT2D eigenvalue weighted by Gasteiger charge is 2.17. The van der Waals surface area contributed by atoms with Gasteiger partial charge in [0.05, 0.1) is 0 Å². The summed E-state index contributed by atoms with van der Waals surface area (Å²) in [6.07, 6.45) is 1.87. The average molecular weight is 285 g/mol. The quantitative estimate of drug-likeness (QED) is 0.807. The summed E-state index contributed by atoms with van der Waals surface area (Å²) >= 11 is 0. The molecule has 20 heavy (non-hydrogen) atoms. The van der Waals surface area contributed by atoms with E-state index in [1.54, 1.807) is 0 Å². The predicted octanol–water partition coefficient (Wildman–Crippen LogP) is 2.34. The molecule has 1 aromatic heterocycles. The van der Waals surface area contributed by atoms with Gasteiger partial charge in [0.2, 0.25) is 0 Å². The molecule has 1 aromatic carbocycles. The SMILES string of the molecule is CPc1ccc(N2CCN(c3ccccn3)CC2)cc1. The molecule has 3 rings (SSSR count). The van der Waals surface area contributed by atoms with Crippen LogP contribution in [0.25, 0.3) is 0 Å². The van der Waals surface area contributed by atoms with Crippen LogP contribution in [-0.2, 0) is 0 Å². The average Bonchev–Trinajstić information content (AvgIpc) is 2.56. The van der Waals surface area contributed by atoms with Crippen molar-refractivity contribution in [3.63, 3.8) is 0 Å². The number of rotatable bonds is 3. The van der Waals surface area contributed by atoms with Crippen LogP contribution in [0.2, 0.25) is 0 Å². The molecule has 1 fully saturated rings. The predicted molar refractivity (Wildman–Crippen MR) is 89.0 cm³/mol. The lowest BCUT2D eigenvalue weighted by Gasteiger charge is -2.36. The second-order valence-corrected chi connectivity index (χ2v) is 6.04. The van der Waals surface area contributed by atoms with E-state index in [4.69, 9.17) is 0 Å². The van der Waals surface area contributed by atoms with Crippen molar-refractivity contribution in [2.24, 2.45) is 0 Å². The fraction of sp³-hybridized carbons (Fsp3) is 0.312. The summed E-state index contributed by atoms with van der Waals surface area (Å²) in [6.45, 7) is 6.41. The lowest BCUT2D eigenvalue weighted by molar-refractivity contribution is 0.647. The van der Waals surface area contributed by atoms with Crippen molar-refractivity contribution in [1.29, 1.82) is 0 Å². The van der Waals surface area contributed by atoms with E-state index in [2.05, 4.69) is 57.8 Å². The van der Waals surface area contributed by atoms with Gasteiger partial charge in [0.25, 0.3) is 0 Å². The highest BCUT2D eigenvalue weighted by molar-refractivity contribution is 7.46. The third-order valence-corrected chi connectivity index (χ3v) is 4.68. The first-order valence-corrected chi connectivity index (χ1v) is 8.55. The Balaban J connectivity index is 1.63. The summed E-state index contributed by atoms with van der Waals surface area (Å²) in [7, 11) is 0.878. The molecule has 0 spiro atoms. The molecule has 2 aromatic rings. The molecular weight excluding hydrogens is 265 g/mol. The van der Waals surface area contributed by atoms with Crippen LogP contribution < -0.4 is 15.1 Å². The fourth-order valence-corrected chi connectivity index (χ4v) is 3.07. The van der Waals surface area contributed by atoms with Crippen LogP contribution in [0, 0.1) is 0 Å². The molecule has 1 saturated heterocycles. The first-order valence-electron chi connectivity index (χ1n) is 7.05. The molecule has 1 unspecified atom stereocenters. The second-order valence-electron chi connectivity index (χ2n) is 4.96. The Kier molecular flexibility index (Phi) is 4.17. The third kappa shape index (κ3) is 2.94. The van der Waals surface area contributed by atoms with Gasteiger partial charge >= 0.3 is 0 Å². The minimum atomic E-state index is 0.878. The van der Waals surface area contributed by atoms with Crippen LogP contribution >= 0.6 is 8.58 Å². The molecule has 1 atom stereocenters. The Hall–Kier alpha value is -1.60. The van der Waals surface area contributed by atoms with Gasteiger partial charge in [-0.25, -0.2) is 4.98 Å². The summed E-state index contributed by atoms with van der Waals surface area (Å²) in [5, 5.41) is 1.43. The molecule has 1 aliphatic rings. The van der Waals surface area contributed by atoms with Crippen molar-refractivity contribution in [1.82, 2.24) is 4.98 Å². The van der Waals surface area contributed by atoms with Gasteiger partial charge in [0.1, 0.15) is 5.82 Å². The highest BCUT2D eigenvalue weighted by atomic mass is 31.1. The second kappa shape index (κ2) is 6.23. The van der Waals surface area contributed by atoms with Crippen molar-refractivity contribution >= 4 is 25.4 Å². The van der Waals surface area contributed by atoms with E-state index in [0.29, 0.717) is 0 Å². The molecule has 0 radical (unpaired) electrons. The molecule has 0 bridgehead atoms. The Morgan fingerprint density at radius 2 is 1.60 bits per heavy atom. The number of aromatic nitrogens is 1. The number of piperazine rings is 1. The molecule has 0 amide bonds. The molecule has 2 heterocycles. The zero-order valence-corrected chi connectivity index (χ0v) is 12.8. The number of pyridine rings is 1. The van der Waals surface area contributed by atoms with Crippen LogP contribution in [0.3, 0.4) is 0 Å². The van der Waals surface area contributed by atoms with Gasteiger partial charge in [0, 0.05) is 38.1 Å². The smallest absolute Gasteiger partial charge is 0.128 e. The van der Waals surface area contributed by atoms with Gasteiger partial charge in [-0.3, -0.25) is 0 Å². The Morgan fingerprint density at radius 1 is 0.900 bits per heavy atom. The monoisotopic (exact) mass is 285 g/mol. The molecule has 3 nitrogen and oxygen atoms in total. The van der Waals surface area contributed by atoms with Crippen LogP contribution in [-0.4, -0.2) is 37.8 Å². The lowest BCUT2D eigenvalue weighted by atomic mass is 10.2. The first-order chi connectivity index (χ1) is 9.86. The van der Waals surface area contributed by atoms with Crippen LogP contribution in [0.5, 0.6) is 0 Å². The van der Waals surface area contributed by atoms with E-state index in [1.807, 2.05) is 12.3 Å². The van der Waals surface area contributed by atoms with Crippen LogP contribution in [0.15, 0.2) is 48.7 Å². The topological polar surface area (TPSA) is 19.4 Å². The maximum Gasteiger partial charge on any atom is 0.128 e. The van der Waals surface area contributed by atoms with Gasteiger partial charge in [-0.2, -0.15) is 0 Å². The van der Waals surface area contributed by atoms with E-state index in [1.165, 1.54) is 11.0 Å². The molecule has 1 aliphatic heterocycles. The van der Waals surface area contributed by atoms with E-state index >= 15 is 0 Å². The molecule has 0 saturated carbocycles. The number of hydrogen-bond donors (Lipinski definition) is 0. The van der Waals surface area contributed by atoms with E-state index in [-0.39, 0.29) is 0 Å². The third-order valence-electron chi connectivity index (χ3n) is 3.77. The van der Waals surface area contributed by atoms with Crippen molar-refractivity contribution in [3.05, 3.63) is 48.7 Å². The summed E-state index contributed by atoms with van der Waals surface area (Å²) < 4.78 is 0. The van der Waals surface area contributed by atoms with E-state index < -0.39 is 0 Å². The van der Waals surface area contributed by atoms with E-state index in [9.17, 15) is 0 Å². The number of nitrogens with zero attached hydrogens (tertiary/aromatic N) is 3. The maximum atomic E-state index is 4.43. The van der Waals surface area contributed by atoms with Gasteiger partial charge < -0.3 is 9.80 Å². The van der Waals surface area contributed by atoms with Crippen molar-refractivity contribution in [2.75, 3.05) is 42.6 Å². The van der Waals surface area contributed by atoms with Gasteiger partial charge in [0.15, 0.2) is 0 Å². The Morgan fingerprint density at radius 3 is 2.20 bits per heavy atom. The number of hydrogen-bond acceptors (Lipinski definition) is 3. The summed E-state index contributed by atoms with van der Waals surface area (Å²) in [4.78, 5) is 9.25. The largest absolute Gasteiger partial charge is 0.368 e. The van der Waals surface area contributed by atoms with Gasteiger partial charge in [-0.15, -0.1) is 0 Å². The lowest BCUT2D eigenvalue weighted by Crippen LogP contribution is -2.46. The van der Waals surface area contributed by atoms with Gasteiger partial charge in [-0.05, 0) is 36.2 Å².